The molecule has 1 N–H and O–H groups in total. The molecule has 5 heterocycles. The Balaban J connectivity index is 0.00000289. The standard InChI is InChI=1S/C24H29N5O5.H2/c1-14-11-29(24-32-16(3)33-24)8-7-28(14)12-18-10-19-22(34-18)20(13-27(4)23(19)31)17-5-6-25-21(9-17)26-15(2)30;/h5-6,9-10,13-14,16,24H,7-8,11-12H2,1-4H3,(H,25,26,30);1H/t14-,16?,24?;/m1./s1. The Morgan fingerprint density at radius 1 is 1.26 bits per heavy atom. The van der Waals surface area contributed by atoms with E-state index < -0.39 is 0 Å². The van der Waals surface area contributed by atoms with Crippen molar-refractivity contribution in [1.82, 2.24) is 19.4 Å². The van der Waals surface area contributed by atoms with E-state index >= 15 is 0 Å². The van der Waals surface area contributed by atoms with Crippen molar-refractivity contribution in [3.05, 3.63) is 46.7 Å². The van der Waals surface area contributed by atoms with E-state index in [4.69, 9.17) is 13.9 Å². The molecule has 1 amide bonds. The number of amides is 1. The van der Waals surface area contributed by atoms with E-state index in [9.17, 15) is 9.59 Å². The Bertz CT molecular complexity index is 1290. The Labute approximate surface area is 198 Å². The van der Waals surface area contributed by atoms with Crippen LogP contribution in [0.4, 0.5) is 5.82 Å². The molecule has 0 bridgehead atoms. The second kappa shape index (κ2) is 8.95. The molecule has 0 spiro atoms. The van der Waals surface area contributed by atoms with E-state index in [1.807, 2.05) is 19.1 Å². The van der Waals surface area contributed by atoms with Gasteiger partial charge in [0, 0.05) is 59.0 Å². The van der Waals surface area contributed by atoms with Crippen molar-refractivity contribution in [3.8, 4) is 11.1 Å². The van der Waals surface area contributed by atoms with Crippen molar-refractivity contribution >= 4 is 22.7 Å². The number of nitrogens with one attached hydrogen (secondary N) is 1. The summed E-state index contributed by atoms with van der Waals surface area (Å²) < 4.78 is 19.1. The number of ether oxygens (including phenoxy) is 2. The van der Waals surface area contributed by atoms with Gasteiger partial charge in [0.2, 0.25) is 12.3 Å². The maximum Gasteiger partial charge on any atom is 0.261 e. The first-order valence-corrected chi connectivity index (χ1v) is 11.4. The summed E-state index contributed by atoms with van der Waals surface area (Å²) in [6.45, 7) is 8.59. The van der Waals surface area contributed by atoms with E-state index in [1.165, 1.54) is 6.92 Å². The molecule has 2 aliphatic rings. The fourth-order valence-electron chi connectivity index (χ4n) is 4.59. The van der Waals surface area contributed by atoms with Crippen molar-refractivity contribution in [2.75, 3.05) is 25.0 Å². The summed E-state index contributed by atoms with van der Waals surface area (Å²) in [6, 6.07) is 5.72. The molecule has 0 saturated carbocycles. The monoisotopic (exact) mass is 469 g/mol. The number of aromatic nitrogens is 2. The second-order valence-electron chi connectivity index (χ2n) is 8.99. The molecule has 5 rings (SSSR count). The number of furan rings is 1. The highest BCUT2D eigenvalue weighted by Gasteiger charge is 2.36. The summed E-state index contributed by atoms with van der Waals surface area (Å²) in [5, 5.41) is 3.23. The molecular weight excluding hydrogens is 438 g/mol. The first-order valence-electron chi connectivity index (χ1n) is 11.4. The molecule has 1 atom stereocenters. The van der Waals surface area contributed by atoms with Gasteiger partial charge in [0.15, 0.2) is 6.29 Å². The van der Waals surface area contributed by atoms with Gasteiger partial charge in [-0.3, -0.25) is 19.4 Å². The number of carbonyl (C=O) groups is 1. The topological polar surface area (TPSA) is 102 Å². The van der Waals surface area contributed by atoms with Crippen LogP contribution in [0.15, 0.2) is 39.8 Å². The van der Waals surface area contributed by atoms with Crippen molar-refractivity contribution in [1.29, 1.82) is 0 Å². The molecule has 0 aliphatic carbocycles. The molecule has 3 aromatic rings. The zero-order valence-corrected chi connectivity index (χ0v) is 19.8. The Morgan fingerprint density at radius 2 is 2.06 bits per heavy atom. The van der Waals surface area contributed by atoms with Crippen molar-refractivity contribution in [2.24, 2.45) is 7.05 Å². The van der Waals surface area contributed by atoms with Crippen molar-refractivity contribution in [3.63, 3.8) is 0 Å². The quantitative estimate of drug-likeness (QED) is 0.608. The minimum absolute atomic E-state index is 0. The lowest BCUT2D eigenvalue weighted by atomic mass is 10.1. The lowest BCUT2D eigenvalue weighted by Crippen LogP contribution is -2.60. The number of pyridine rings is 2. The smallest absolute Gasteiger partial charge is 0.261 e. The normalized spacial score (nSPS) is 23.7. The Kier molecular flexibility index (Phi) is 5.98. The molecule has 10 nitrogen and oxygen atoms in total. The summed E-state index contributed by atoms with van der Waals surface area (Å²) in [5.41, 5.74) is 1.99. The molecule has 2 fully saturated rings. The van der Waals surface area contributed by atoms with E-state index in [0.717, 1.165) is 36.5 Å². The number of rotatable bonds is 5. The van der Waals surface area contributed by atoms with Crippen LogP contribution in [-0.2, 0) is 27.9 Å². The number of hydrogen-bond donors (Lipinski definition) is 1. The molecule has 34 heavy (non-hydrogen) atoms. The van der Waals surface area contributed by atoms with Crippen LogP contribution in [-0.4, -0.2) is 63.6 Å². The van der Waals surface area contributed by atoms with Crippen LogP contribution in [0.3, 0.4) is 0 Å². The van der Waals surface area contributed by atoms with Gasteiger partial charge in [-0.15, -0.1) is 0 Å². The summed E-state index contributed by atoms with van der Waals surface area (Å²) in [6.07, 6.45) is 2.99. The van der Waals surface area contributed by atoms with Gasteiger partial charge in [-0.2, -0.15) is 0 Å². The maximum absolute atomic E-state index is 12.9. The number of anilines is 1. The highest BCUT2D eigenvalue weighted by molar-refractivity contribution is 5.93. The van der Waals surface area contributed by atoms with Crippen LogP contribution in [0.1, 0.15) is 28.0 Å². The minimum Gasteiger partial charge on any atom is -0.459 e. The SMILES string of the molecule is CC(=O)Nc1cc(-c2cn(C)c(=O)c3cc(CN4CCN(C5OC(C)O5)C[C@H]4C)oc23)ccn1.[HH]. The Hall–Kier alpha value is -3.05. The summed E-state index contributed by atoms with van der Waals surface area (Å²) in [5.74, 6) is 0.981. The lowest BCUT2D eigenvalue weighted by molar-refractivity contribution is -0.425. The van der Waals surface area contributed by atoms with Crippen LogP contribution in [0.25, 0.3) is 22.1 Å². The number of aryl methyl sites for hydroxylation is 1. The highest BCUT2D eigenvalue weighted by Crippen LogP contribution is 2.31. The van der Waals surface area contributed by atoms with E-state index in [1.54, 1.807) is 30.1 Å². The van der Waals surface area contributed by atoms with E-state index in [0.29, 0.717) is 23.3 Å². The van der Waals surface area contributed by atoms with Gasteiger partial charge < -0.3 is 23.8 Å². The predicted molar refractivity (Wildman–Crippen MR) is 128 cm³/mol. The van der Waals surface area contributed by atoms with E-state index in [2.05, 4.69) is 27.0 Å². The summed E-state index contributed by atoms with van der Waals surface area (Å²) in [7, 11) is 1.72. The van der Waals surface area contributed by atoms with Crippen LogP contribution >= 0.6 is 0 Å². The molecule has 10 heteroatoms. The molecule has 0 aromatic carbocycles. The third-order valence-electron chi connectivity index (χ3n) is 6.35. The zero-order valence-electron chi connectivity index (χ0n) is 19.8. The molecule has 2 saturated heterocycles. The zero-order chi connectivity index (χ0) is 24.0. The predicted octanol–water partition coefficient (Wildman–Crippen LogP) is 2.58. The number of piperazine rings is 1. The summed E-state index contributed by atoms with van der Waals surface area (Å²) >= 11 is 0. The van der Waals surface area contributed by atoms with Crippen LogP contribution < -0.4 is 10.9 Å². The summed E-state index contributed by atoms with van der Waals surface area (Å²) in [4.78, 5) is 33.0. The van der Waals surface area contributed by atoms with Crippen LogP contribution in [0.2, 0.25) is 0 Å². The van der Waals surface area contributed by atoms with Gasteiger partial charge in [0.05, 0.1) is 11.9 Å². The first-order chi connectivity index (χ1) is 16.3. The molecule has 2 aliphatic heterocycles. The van der Waals surface area contributed by atoms with Gasteiger partial charge in [0.25, 0.3) is 5.56 Å². The maximum atomic E-state index is 12.9. The van der Waals surface area contributed by atoms with Crippen molar-refractivity contribution < 1.29 is 20.1 Å². The molecule has 0 radical (unpaired) electrons. The van der Waals surface area contributed by atoms with Gasteiger partial charge in [-0.1, -0.05) is 0 Å². The van der Waals surface area contributed by atoms with Gasteiger partial charge in [0.1, 0.15) is 17.2 Å². The fraction of sp³-hybridized carbons (Fsp3) is 0.458. The van der Waals surface area contributed by atoms with Gasteiger partial charge >= 0.3 is 0 Å². The number of nitrogens with zero attached hydrogens (tertiary/aromatic N) is 4. The number of hydrogen-bond acceptors (Lipinski definition) is 8. The first kappa shape index (κ1) is 22.7. The van der Waals surface area contributed by atoms with Crippen LogP contribution in [0.5, 0.6) is 0 Å². The van der Waals surface area contributed by atoms with Crippen LogP contribution in [0, 0.1) is 0 Å². The third-order valence-corrected chi connectivity index (χ3v) is 6.35. The fourth-order valence-corrected chi connectivity index (χ4v) is 4.59. The lowest BCUT2D eigenvalue weighted by Gasteiger charge is -2.46. The molecular formula is C24H31N5O5. The minimum atomic E-state index is -0.251. The highest BCUT2D eigenvalue weighted by atomic mass is 16.9. The Morgan fingerprint density at radius 3 is 2.76 bits per heavy atom. The number of carbonyl (C=O) groups excluding carboxylic acids is 1. The second-order valence-corrected chi connectivity index (χ2v) is 8.99. The molecule has 0 unspecified atom stereocenters. The average molecular weight is 470 g/mol. The average Bonchev–Trinajstić information content (AvgIpc) is 3.19. The van der Waals surface area contributed by atoms with Gasteiger partial charge in [-0.25, -0.2) is 4.98 Å². The largest absolute Gasteiger partial charge is 0.459 e. The molecule has 3 aromatic heterocycles. The third kappa shape index (κ3) is 4.37. The van der Waals surface area contributed by atoms with Gasteiger partial charge in [-0.05, 0) is 37.6 Å². The van der Waals surface area contributed by atoms with E-state index in [-0.39, 0.29) is 31.6 Å². The van der Waals surface area contributed by atoms with Crippen molar-refractivity contribution in [2.45, 2.75) is 46.1 Å². The molecule has 182 valence electrons. The number of fused-ring (bicyclic) bond motifs is 1.